The minimum absolute atomic E-state index is 0.0327. The molecule has 0 saturated heterocycles. The minimum atomic E-state index is -4.07. The van der Waals surface area contributed by atoms with Gasteiger partial charge in [-0.1, -0.05) is 94.4 Å². The van der Waals surface area contributed by atoms with Crippen molar-refractivity contribution in [1.29, 1.82) is 0 Å². The molecule has 3 aromatic rings. The van der Waals surface area contributed by atoms with E-state index < -0.39 is 40.0 Å². The maximum Gasteiger partial charge on any atom is 0.244 e. The molecule has 0 unspecified atom stereocenters. The molecule has 0 spiro atoms. The molecule has 0 saturated carbocycles. The Bertz CT molecular complexity index is 1540. The zero-order valence-electron chi connectivity index (χ0n) is 23.3. The molecular formula is C29H30Cl5N3O4S. The van der Waals surface area contributed by atoms with E-state index in [1.807, 2.05) is 51.1 Å². The lowest BCUT2D eigenvalue weighted by Gasteiger charge is -2.35. The van der Waals surface area contributed by atoms with Gasteiger partial charge in [0.2, 0.25) is 21.8 Å². The number of hydrogen-bond acceptors (Lipinski definition) is 4. The number of rotatable bonds is 10. The van der Waals surface area contributed by atoms with Crippen LogP contribution in [0, 0.1) is 0 Å². The molecule has 0 radical (unpaired) electrons. The fourth-order valence-electron chi connectivity index (χ4n) is 4.16. The average Bonchev–Trinajstić information content (AvgIpc) is 2.87. The molecule has 0 bridgehead atoms. The van der Waals surface area contributed by atoms with Crippen molar-refractivity contribution in [2.24, 2.45) is 0 Å². The standard InChI is InChI=1S/C29H30Cl5N3O4S/c1-29(2,3)35-28(39)26(13-18-9-6-5-7-10-18)36(16-19-20(30)11-8-12-21(19)31)27(38)17-37(42(4,40)41)25-15-23(33)22(32)14-24(25)34/h5-12,14-15,26H,13,16-17H2,1-4H3,(H,35,39)/t26-/m0/s1. The molecule has 2 amide bonds. The number of nitrogens with one attached hydrogen (secondary N) is 1. The van der Waals surface area contributed by atoms with E-state index in [4.69, 9.17) is 58.0 Å². The number of carbonyl (C=O) groups excluding carboxylic acids is 2. The number of halogens is 5. The van der Waals surface area contributed by atoms with Crippen molar-refractivity contribution in [3.05, 3.63) is 96.9 Å². The first kappa shape index (κ1) is 34.3. The van der Waals surface area contributed by atoms with Gasteiger partial charge >= 0.3 is 0 Å². The summed E-state index contributed by atoms with van der Waals surface area (Å²) >= 11 is 31.6. The number of anilines is 1. The van der Waals surface area contributed by atoms with E-state index in [0.29, 0.717) is 5.56 Å². The van der Waals surface area contributed by atoms with Crippen LogP contribution in [0.25, 0.3) is 0 Å². The van der Waals surface area contributed by atoms with Crippen molar-refractivity contribution in [1.82, 2.24) is 10.2 Å². The Morgan fingerprint density at radius 1 is 0.833 bits per heavy atom. The molecule has 0 aliphatic rings. The van der Waals surface area contributed by atoms with Crippen LogP contribution in [0.5, 0.6) is 0 Å². The molecule has 0 aliphatic carbocycles. The van der Waals surface area contributed by atoms with E-state index >= 15 is 0 Å². The second kappa shape index (κ2) is 14.1. The SMILES string of the molecule is CC(C)(C)NC(=O)[C@H](Cc1ccccc1)N(Cc1c(Cl)cccc1Cl)C(=O)CN(c1cc(Cl)c(Cl)cc1Cl)S(C)(=O)=O. The molecule has 7 nitrogen and oxygen atoms in total. The number of nitrogens with zero attached hydrogens (tertiary/aromatic N) is 2. The second-order valence-corrected chi connectivity index (χ2v) is 14.6. The maximum atomic E-state index is 14.2. The van der Waals surface area contributed by atoms with Gasteiger partial charge in [-0.3, -0.25) is 13.9 Å². The number of sulfonamides is 1. The molecule has 42 heavy (non-hydrogen) atoms. The van der Waals surface area contributed by atoms with Crippen molar-refractivity contribution < 1.29 is 18.0 Å². The highest BCUT2D eigenvalue weighted by Gasteiger charge is 2.35. The Labute approximate surface area is 271 Å². The smallest absolute Gasteiger partial charge is 0.244 e. The molecule has 3 rings (SSSR count). The molecule has 226 valence electrons. The summed E-state index contributed by atoms with van der Waals surface area (Å²) in [5.41, 5.74) is 0.502. The number of carbonyl (C=O) groups is 2. The minimum Gasteiger partial charge on any atom is -0.350 e. The summed E-state index contributed by atoms with van der Waals surface area (Å²) in [7, 11) is -4.07. The van der Waals surface area contributed by atoms with Crippen LogP contribution in [-0.4, -0.2) is 49.5 Å². The summed E-state index contributed by atoms with van der Waals surface area (Å²) in [5.74, 6) is -1.15. The van der Waals surface area contributed by atoms with E-state index in [-0.39, 0.29) is 43.8 Å². The fourth-order valence-corrected chi connectivity index (χ4v) is 6.22. The van der Waals surface area contributed by atoms with Gasteiger partial charge in [0.15, 0.2) is 0 Å². The predicted octanol–water partition coefficient (Wildman–Crippen LogP) is 7.27. The Morgan fingerprint density at radius 2 is 1.40 bits per heavy atom. The normalized spacial score (nSPS) is 12.5. The van der Waals surface area contributed by atoms with E-state index in [1.54, 1.807) is 18.2 Å². The van der Waals surface area contributed by atoms with Crippen molar-refractivity contribution in [3.63, 3.8) is 0 Å². The first-order valence-electron chi connectivity index (χ1n) is 12.7. The Balaban J connectivity index is 2.16. The lowest BCUT2D eigenvalue weighted by molar-refractivity contribution is -0.140. The van der Waals surface area contributed by atoms with Crippen molar-refractivity contribution in [3.8, 4) is 0 Å². The molecule has 13 heteroatoms. The summed E-state index contributed by atoms with van der Waals surface area (Å²) in [5, 5.41) is 3.63. The van der Waals surface area contributed by atoms with E-state index in [9.17, 15) is 18.0 Å². The van der Waals surface area contributed by atoms with Crippen LogP contribution in [0.2, 0.25) is 25.1 Å². The van der Waals surface area contributed by atoms with E-state index in [1.165, 1.54) is 17.0 Å². The lowest BCUT2D eigenvalue weighted by Crippen LogP contribution is -2.56. The summed E-state index contributed by atoms with van der Waals surface area (Å²) in [6.07, 6.45) is 1.06. The highest BCUT2D eigenvalue weighted by molar-refractivity contribution is 7.92. The molecular weight excluding hydrogens is 664 g/mol. The Hall–Kier alpha value is -2.20. The van der Waals surface area contributed by atoms with Gasteiger partial charge in [-0.05, 0) is 50.6 Å². The molecule has 3 aromatic carbocycles. The maximum absolute atomic E-state index is 14.2. The monoisotopic (exact) mass is 691 g/mol. The van der Waals surface area contributed by atoms with Gasteiger partial charge in [0.25, 0.3) is 0 Å². The Morgan fingerprint density at radius 3 is 1.95 bits per heavy atom. The first-order valence-corrected chi connectivity index (χ1v) is 16.4. The van der Waals surface area contributed by atoms with Gasteiger partial charge in [0.05, 0.1) is 27.0 Å². The molecule has 0 aromatic heterocycles. The van der Waals surface area contributed by atoms with Gasteiger partial charge in [-0.15, -0.1) is 0 Å². The van der Waals surface area contributed by atoms with Crippen LogP contribution in [-0.2, 0) is 32.6 Å². The van der Waals surface area contributed by atoms with Crippen molar-refractivity contribution >= 4 is 85.5 Å². The quantitative estimate of drug-likeness (QED) is 0.226. The zero-order chi connectivity index (χ0) is 31.4. The number of benzene rings is 3. The summed E-state index contributed by atoms with van der Waals surface area (Å²) in [6.45, 7) is 4.57. The summed E-state index contributed by atoms with van der Waals surface area (Å²) in [6, 6.07) is 15.5. The molecule has 1 N–H and O–H groups in total. The fraction of sp³-hybridized carbons (Fsp3) is 0.310. The average molecular weight is 694 g/mol. The highest BCUT2D eigenvalue weighted by Crippen LogP contribution is 2.36. The van der Waals surface area contributed by atoms with E-state index in [2.05, 4.69) is 5.32 Å². The van der Waals surface area contributed by atoms with Gasteiger partial charge < -0.3 is 10.2 Å². The lowest BCUT2D eigenvalue weighted by atomic mass is 10.0. The Kier molecular flexibility index (Phi) is 11.5. The number of hydrogen-bond donors (Lipinski definition) is 1. The third-order valence-electron chi connectivity index (χ3n) is 6.10. The van der Waals surface area contributed by atoms with Gasteiger partial charge in [0.1, 0.15) is 12.6 Å². The first-order chi connectivity index (χ1) is 19.5. The van der Waals surface area contributed by atoms with Crippen LogP contribution in [0.3, 0.4) is 0 Å². The summed E-state index contributed by atoms with van der Waals surface area (Å²) in [4.78, 5) is 29.3. The van der Waals surface area contributed by atoms with Crippen molar-refractivity contribution in [2.75, 3.05) is 17.1 Å². The van der Waals surface area contributed by atoms with Crippen LogP contribution in [0.4, 0.5) is 5.69 Å². The van der Waals surface area contributed by atoms with Crippen LogP contribution >= 0.6 is 58.0 Å². The predicted molar refractivity (Wildman–Crippen MR) is 173 cm³/mol. The molecule has 0 aliphatic heterocycles. The highest BCUT2D eigenvalue weighted by atomic mass is 35.5. The molecule has 1 atom stereocenters. The third kappa shape index (κ3) is 9.15. The zero-order valence-corrected chi connectivity index (χ0v) is 27.9. The number of amides is 2. The van der Waals surface area contributed by atoms with Gasteiger partial charge in [-0.2, -0.15) is 0 Å². The molecule has 0 fully saturated rings. The summed E-state index contributed by atoms with van der Waals surface area (Å²) < 4.78 is 26.8. The van der Waals surface area contributed by atoms with Crippen LogP contribution in [0.15, 0.2) is 60.7 Å². The topological polar surface area (TPSA) is 86.8 Å². The van der Waals surface area contributed by atoms with Crippen LogP contribution in [0.1, 0.15) is 31.9 Å². The van der Waals surface area contributed by atoms with E-state index in [0.717, 1.165) is 16.1 Å². The largest absolute Gasteiger partial charge is 0.350 e. The van der Waals surface area contributed by atoms with Gasteiger partial charge in [-0.25, -0.2) is 8.42 Å². The molecule has 0 heterocycles. The third-order valence-corrected chi connectivity index (χ3v) is 8.96. The second-order valence-electron chi connectivity index (χ2n) is 10.7. The van der Waals surface area contributed by atoms with Crippen molar-refractivity contribution in [2.45, 2.75) is 45.3 Å². The van der Waals surface area contributed by atoms with Crippen LogP contribution < -0.4 is 9.62 Å². The van der Waals surface area contributed by atoms with Gasteiger partial charge in [0, 0.05) is 34.1 Å².